The van der Waals surface area contributed by atoms with Gasteiger partial charge in [-0.15, -0.1) is 0 Å². The molecule has 2 atom stereocenters. The van der Waals surface area contributed by atoms with Gasteiger partial charge in [0, 0.05) is 32.7 Å². The number of likely N-dealkylation sites (tertiary alicyclic amines) is 1. The highest BCUT2D eigenvalue weighted by molar-refractivity contribution is 5.08. The first-order valence-electron chi connectivity index (χ1n) is 7.00. The first kappa shape index (κ1) is 13.1. The van der Waals surface area contributed by atoms with Gasteiger partial charge in [-0.25, -0.2) is 4.98 Å². The molecule has 106 valence electrons. The first-order valence-corrected chi connectivity index (χ1v) is 7.00. The minimum absolute atomic E-state index is 0.290. The van der Waals surface area contributed by atoms with Gasteiger partial charge < -0.3 is 13.9 Å². The maximum Gasteiger partial charge on any atom is 0.208 e. The standard InChI is InChI=1S/C14H22N2O3/c1-17-9-11-5-12(18-2)7-16(11)8-14-15-6-13(19-14)10-3-4-10/h6,10-12H,3-5,7-9H2,1-2H3/t11-,12-/m0/s1. The summed E-state index contributed by atoms with van der Waals surface area (Å²) in [6.45, 7) is 2.41. The third kappa shape index (κ3) is 2.99. The normalized spacial score (nSPS) is 28.1. The summed E-state index contributed by atoms with van der Waals surface area (Å²) in [5.74, 6) is 2.50. The Morgan fingerprint density at radius 3 is 2.95 bits per heavy atom. The van der Waals surface area contributed by atoms with Crippen molar-refractivity contribution in [3.8, 4) is 0 Å². The zero-order valence-corrected chi connectivity index (χ0v) is 11.7. The molecule has 2 heterocycles. The van der Waals surface area contributed by atoms with Crippen LogP contribution in [0.4, 0.5) is 0 Å². The Labute approximate surface area is 113 Å². The molecule has 1 saturated carbocycles. The Kier molecular flexibility index (Phi) is 3.86. The lowest BCUT2D eigenvalue weighted by molar-refractivity contribution is 0.101. The van der Waals surface area contributed by atoms with Gasteiger partial charge in [0.15, 0.2) is 0 Å². The molecule has 0 aromatic carbocycles. The van der Waals surface area contributed by atoms with E-state index in [1.165, 1.54) is 12.8 Å². The van der Waals surface area contributed by atoms with E-state index in [0.717, 1.165) is 37.8 Å². The van der Waals surface area contributed by atoms with Gasteiger partial charge in [0.2, 0.25) is 5.89 Å². The molecule has 5 nitrogen and oxygen atoms in total. The second kappa shape index (κ2) is 5.61. The van der Waals surface area contributed by atoms with E-state index in [4.69, 9.17) is 13.9 Å². The number of oxazole rings is 1. The molecule has 1 aromatic heterocycles. The lowest BCUT2D eigenvalue weighted by Crippen LogP contribution is -2.32. The number of nitrogens with zero attached hydrogens (tertiary/aromatic N) is 2. The van der Waals surface area contributed by atoms with E-state index in [9.17, 15) is 0 Å². The third-order valence-electron chi connectivity index (χ3n) is 4.07. The Morgan fingerprint density at radius 1 is 1.42 bits per heavy atom. The topological polar surface area (TPSA) is 47.7 Å². The molecule has 0 N–H and O–H groups in total. The second-order valence-corrected chi connectivity index (χ2v) is 5.56. The summed E-state index contributed by atoms with van der Waals surface area (Å²) in [5.41, 5.74) is 0. The highest BCUT2D eigenvalue weighted by Gasteiger charge is 2.33. The van der Waals surface area contributed by atoms with Crippen LogP contribution in [-0.2, 0) is 16.0 Å². The fraction of sp³-hybridized carbons (Fsp3) is 0.786. The fourth-order valence-electron chi connectivity index (χ4n) is 2.80. The quantitative estimate of drug-likeness (QED) is 0.785. The van der Waals surface area contributed by atoms with Crippen LogP contribution in [0.25, 0.3) is 0 Å². The summed E-state index contributed by atoms with van der Waals surface area (Å²) in [5, 5.41) is 0. The molecule has 5 heteroatoms. The van der Waals surface area contributed by atoms with Crippen molar-refractivity contribution in [2.75, 3.05) is 27.4 Å². The van der Waals surface area contributed by atoms with Crippen LogP contribution in [0.5, 0.6) is 0 Å². The Bertz CT molecular complexity index is 417. The van der Waals surface area contributed by atoms with E-state index in [1.807, 2.05) is 6.20 Å². The van der Waals surface area contributed by atoms with Crippen LogP contribution in [0.15, 0.2) is 10.6 Å². The maximum absolute atomic E-state index is 5.83. The number of hydrogen-bond acceptors (Lipinski definition) is 5. The lowest BCUT2D eigenvalue weighted by Gasteiger charge is -2.21. The molecule has 1 aliphatic heterocycles. The van der Waals surface area contributed by atoms with Crippen molar-refractivity contribution in [1.82, 2.24) is 9.88 Å². The van der Waals surface area contributed by atoms with Crippen LogP contribution in [-0.4, -0.2) is 49.4 Å². The Balaban J connectivity index is 1.62. The van der Waals surface area contributed by atoms with E-state index in [1.54, 1.807) is 14.2 Å². The monoisotopic (exact) mass is 266 g/mol. The molecule has 0 radical (unpaired) electrons. The molecule has 2 aliphatic rings. The lowest BCUT2D eigenvalue weighted by atomic mass is 10.2. The number of methoxy groups -OCH3 is 2. The Morgan fingerprint density at radius 2 is 2.26 bits per heavy atom. The number of aromatic nitrogens is 1. The molecule has 1 aromatic rings. The van der Waals surface area contributed by atoms with Crippen LogP contribution < -0.4 is 0 Å². The molecular formula is C14H22N2O3. The highest BCUT2D eigenvalue weighted by atomic mass is 16.5. The van der Waals surface area contributed by atoms with Crippen molar-refractivity contribution < 1.29 is 13.9 Å². The van der Waals surface area contributed by atoms with Crippen molar-refractivity contribution in [3.63, 3.8) is 0 Å². The molecule has 3 rings (SSSR count). The maximum atomic E-state index is 5.83. The smallest absolute Gasteiger partial charge is 0.208 e. The predicted octanol–water partition coefficient (Wildman–Crippen LogP) is 1.79. The van der Waals surface area contributed by atoms with Gasteiger partial charge in [-0.1, -0.05) is 0 Å². The zero-order valence-electron chi connectivity index (χ0n) is 11.7. The van der Waals surface area contributed by atoms with Gasteiger partial charge in [0.1, 0.15) is 5.76 Å². The number of ether oxygens (including phenoxy) is 2. The fourth-order valence-corrected chi connectivity index (χ4v) is 2.80. The van der Waals surface area contributed by atoms with Crippen molar-refractivity contribution in [2.45, 2.75) is 43.9 Å². The molecule has 1 saturated heterocycles. The summed E-state index contributed by atoms with van der Waals surface area (Å²) < 4.78 is 16.6. The molecule has 2 fully saturated rings. The summed E-state index contributed by atoms with van der Waals surface area (Å²) in [6.07, 6.45) is 5.69. The van der Waals surface area contributed by atoms with Gasteiger partial charge in [0.05, 0.1) is 25.5 Å². The highest BCUT2D eigenvalue weighted by Crippen LogP contribution is 2.40. The van der Waals surface area contributed by atoms with Crippen LogP contribution >= 0.6 is 0 Å². The zero-order chi connectivity index (χ0) is 13.2. The average molecular weight is 266 g/mol. The van der Waals surface area contributed by atoms with E-state index >= 15 is 0 Å². The SMILES string of the molecule is COC[C@@H]1C[C@H](OC)CN1Cc1ncc(C2CC2)o1. The molecular weight excluding hydrogens is 244 g/mol. The van der Waals surface area contributed by atoms with Crippen molar-refractivity contribution in [1.29, 1.82) is 0 Å². The van der Waals surface area contributed by atoms with Gasteiger partial charge in [-0.05, 0) is 19.3 Å². The van der Waals surface area contributed by atoms with Crippen molar-refractivity contribution in [2.24, 2.45) is 0 Å². The van der Waals surface area contributed by atoms with Crippen LogP contribution in [0, 0.1) is 0 Å². The summed E-state index contributed by atoms with van der Waals surface area (Å²) in [6, 6.07) is 0.395. The van der Waals surface area contributed by atoms with Gasteiger partial charge >= 0.3 is 0 Å². The van der Waals surface area contributed by atoms with Gasteiger partial charge in [-0.3, -0.25) is 4.90 Å². The minimum atomic E-state index is 0.290. The summed E-state index contributed by atoms with van der Waals surface area (Å²) in [7, 11) is 3.52. The van der Waals surface area contributed by atoms with Crippen molar-refractivity contribution >= 4 is 0 Å². The predicted molar refractivity (Wildman–Crippen MR) is 70.0 cm³/mol. The van der Waals surface area contributed by atoms with Crippen LogP contribution in [0.2, 0.25) is 0 Å². The van der Waals surface area contributed by atoms with E-state index < -0.39 is 0 Å². The number of hydrogen-bond donors (Lipinski definition) is 0. The Hall–Kier alpha value is -0.910. The molecule has 0 amide bonds. The van der Waals surface area contributed by atoms with Crippen LogP contribution in [0.3, 0.4) is 0 Å². The summed E-state index contributed by atoms with van der Waals surface area (Å²) in [4.78, 5) is 6.74. The number of rotatable bonds is 6. The van der Waals surface area contributed by atoms with Crippen LogP contribution in [0.1, 0.15) is 36.8 Å². The molecule has 0 bridgehead atoms. The summed E-state index contributed by atoms with van der Waals surface area (Å²) >= 11 is 0. The molecule has 1 aliphatic carbocycles. The second-order valence-electron chi connectivity index (χ2n) is 5.56. The molecule has 0 unspecified atom stereocenters. The van der Waals surface area contributed by atoms with E-state index in [-0.39, 0.29) is 6.10 Å². The average Bonchev–Trinajstić information content (AvgIpc) is 3.05. The molecule has 0 spiro atoms. The molecule has 19 heavy (non-hydrogen) atoms. The van der Waals surface area contributed by atoms with Gasteiger partial charge in [0.25, 0.3) is 0 Å². The van der Waals surface area contributed by atoms with E-state index in [2.05, 4.69) is 9.88 Å². The van der Waals surface area contributed by atoms with Gasteiger partial charge in [-0.2, -0.15) is 0 Å². The minimum Gasteiger partial charge on any atom is -0.444 e. The largest absolute Gasteiger partial charge is 0.444 e. The van der Waals surface area contributed by atoms with E-state index in [0.29, 0.717) is 12.0 Å². The van der Waals surface area contributed by atoms with Crippen molar-refractivity contribution in [3.05, 3.63) is 17.8 Å². The third-order valence-corrected chi connectivity index (χ3v) is 4.07. The first-order chi connectivity index (χ1) is 9.30.